The number of carbonyl (C=O) groups is 1. The fraction of sp³-hybridized carbons (Fsp3) is 0.556. The molecule has 1 aromatic rings. The van der Waals surface area contributed by atoms with Gasteiger partial charge in [0.2, 0.25) is 5.91 Å². The van der Waals surface area contributed by atoms with Gasteiger partial charge in [-0.25, -0.2) is 0 Å². The van der Waals surface area contributed by atoms with Crippen molar-refractivity contribution in [1.29, 1.82) is 0 Å². The summed E-state index contributed by atoms with van der Waals surface area (Å²) in [6, 6.07) is 6.96. The molecule has 0 radical (unpaired) electrons. The van der Waals surface area contributed by atoms with Gasteiger partial charge in [0.15, 0.2) is 5.84 Å². The highest BCUT2D eigenvalue weighted by Gasteiger charge is 2.35. The van der Waals surface area contributed by atoms with Crippen LogP contribution in [0.4, 0.5) is 0 Å². The Morgan fingerprint density at radius 1 is 1.07 bits per heavy atom. The molecular weight excluding hydrogens is 388 g/mol. The number of sulfonamides is 1. The second kappa shape index (κ2) is 8.16. The first-order chi connectivity index (χ1) is 12.6. The van der Waals surface area contributed by atoms with Crippen molar-refractivity contribution in [3.05, 3.63) is 29.8 Å². The van der Waals surface area contributed by atoms with Crippen molar-refractivity contribution in [3.63, 3.8) is 0 Å². The number of hydrogen-bond acceptors (Lipinski definition) is 5. The Morgan fingerprint density at radius 2 is 1.81 bits per heavy atom. The lowest BCUT2D eigenvalue weighted by molar-refractivity contribution is -0.136. The predicted octanol–water partition coefficient (Wildman–Crippen LogP) is 1.09. The van der Waals surface area contributed by atoms with Gasteiger partial charge >= 0.3 is 0 Å². The lowest BCUT2D eigenvalue weighted by atomic mass is 9.94. The zero-order valence-corrected chi connectivity index (χ0v) is 16.8. The van der Waals surface area contributed by atoms with Gasteiger partial charge in [-0.15, -0.1) is 16.8 Å². The van der Waals surface area contributed by atoms with Gasteiger partial charge in [0, 0.05) is 44.2 Å². The quantitative estimate of drug-likeness (QED) is 0.746. The summed E-state index contributed by atoms with van der Waals surface area (Å²) < 4.78 is 28.5. The summed E-state index contributed by atoms with van der Waals surface area (Å²) in [7, 11) is -3.59. The number of nitrogens with one attached hydrogen (secondary N) is 1. The van der Waals surface area contributed by atoms with Crippen LogP contribution in [0.15, 0.2) is 33.6 Å². The van der Waals surface area contributed by atoms with E-state index in [-0.39, 0.29) is 29.1 Å². The molecule has 3 aliphatic heterocycles. The molecule has 3 aliphatic rings. The predicted molar refractivity (Wildman–Crippen MR) is 106 cm³/mol. The number of halogens is 1. The molecule has 0 saturated carbocycles. The second-order valence-electron chi connectivity index (χ2n) is 7.08. The number of hydrogen-bond donors (Lipinski definition) is 1. The fourth-order valence-electron chi connectivity index (χ4n) is 3.98. The number of benzene rings is 1. The van der Waals surface area contributed by atoms with E-state index in [1.165, 1.54) is 0 Å². The molecule has 148 valence electrons. The Bertz CT molecular complexity index is 827. The van der Waals surface area contributed by atoms with E-state index in [0.29, 0.717) is 24.5 Å². The first kappa shape index (κ1) is 20.1. The number of amides is 1. The highest BCUT2D eigenvalue weighted by Crippen LogP contribution is 2.30. The molecule has 0 bridgehead atoms. The van der Waals surface area contributed by atoms with E-state index < -0.39 is 10.0 Å². The van der Waals surface area contributed by atoms with Gasteiger partial charge in [-0.3, -0.25) is 4.79 Å². The van der Waals surface area contributed by atoms with Crippen LogP contribution in [0.25, 0.3) is 0 Å². The van der Waals surface area contributed by atoms with Crippen molar-refractivity contribution in [2.24, 2.45) is 10.3 Å². The minimum absolute atomic E-state index is 0. The smallest absolute Gasteiger partial charge is 0.285 e. The van der Waals surface area contributed by atoms with E-state index in [1.54, 1.807) is 18.2 Å². The zero-order chi connectivity index (χ0) is 18.1. The third-order valence-electron chi connectivity index (χ3n) is 5.41. The monoisotopic (exact) mass is 412 g/mol. The molecule has 4 rings (SSSR count). The van der Waals surface area contributed by atoms with Crippen LogP contribution >= 0.6 is 12.4 Å². The Labute approximate surface area is 166 Å². The van der Waals surface area contributed by atoms with Crippen molar-refractivity contribution < 1.29 is 13.2 Å². The molecule has 0 unspecified atom stereocenters. The molecule has 0 aliphatic carbocycles. The topological polar surface area (TPSA) is 82.1 Å². The maximum absolute atomic E-state index is 12.8. The molecule has 0 aromatic heterocycles. The zero-order valence-electron chi connectivity index (χ0n) is 15.1. The lowest BCUT2D eigenvalue weighted by Crippen LogP contribution is -2.45. The summed E-state index contributed by atoms with van der Waals surface area (Å²) in [4.78, 5) is 17.1. The van der Waals surface area contributed by atoms with Crippen molar-refractivity contribution in [2.45, 2.75) is 24.2 Å². The molecular formula is C18H25ClN4O3S. The Kier molecular flexibility index (Phi) is 6.08. The second-order valence-corrected chi connectivity index (χ2v) is 8.65. The van der Waals surface area contributed by atoms with E-state index in [2.05, 4.69) is 9.71 Å². The summed E-state index contributed by atoms with van der Waals surface area (Å²) >= 11 is 0. The van der Waals surface area contributed by atoms with Gasteiger partial charge in [-0.05, 0) is 37.9 Å². The van der Waals surface area contributed by atoms with Gasteiger partial charge in [-0.2, -0.15) is 8.42 Å². The van der Waals surface area contributed by atoms with E-state index in [9.17, 15) is 13.2 Å². The van der Waals surface area contributed by atoms with Crippen LogP contribution in [-0.4, -0.2) is 69.2 Å². The van der Waals surface area contributed by atoms with Crippen LogP contribution in [0.1, 0.15) is 24.8 Å². The Balaban J connectivity index is 0.00000210. The number of carbonyl (C=O) groups excluding carboxylic acids is 1. The molecule has 0 spiro atoms. The van der Waals surface area contributed by atoms with Crippen LogP contribution in [-0.2, 0) is 14.8 Å². The van der Waals surface area contributed by atoms with Gasteiger partial charge < -0.3 is 15.1 Å². The number of nitrogens with zero attached hydrogens (tertiary/aromatic N) is 3. The summed E-state index contributed by atoms with van der Waals surface area (Å²) in [5.74, 6) is 0.804. The number of fused-ring (bicyclic) bond motifs is 1. The van der Waals surface area contributed by atoms with Crippen LogP contribution < -0.4 is 5.32 Å². The summed E-state index contributed by atoms with van der Waals surface area (Å²) in [5, 5.41) is 3.32. The molecule has 27 heavy (non-hydrogen) atoms. The highest BCUT2D eigenvalue weighted by atomic mass is 35.5. The first-order valence-electron chi connectivity index (χ1n) is 9.25. The molecule has 2 saturated heterocycles. The molecule has 7 nitrogen and oxygen atoms in total. The number of likely N-dealkylation sites (tertiary alicyclic amines) is 1. The summed E-state index contributed by atoms with van der Waals surface area (Å²) in [5.41, 5.74) is 0.677. The molecule has 1 N–H and O–H groups in total. The average Bonchev–Trinajstić information content (AvgIpc) is 2.84. The van der Waals surface area contributed by atoms with Crippen molar-refractivity contribution in [2.75, 3.05) is 39.3 Å². The van der Waals surface area contributed by atoms with Crippen molar-refractivity contribution >= 4 is 34.2 Å². The SMILES string of the molecule is Cl.O=C(C1CCN(C2=NS(=O)(=O)c3ccccc32)CC1)N1CCCNCC1. The maximum Gasteiger partial charge on any atom is 0.285 e. The van der Waals surface area contributed by atoms with Crippen LogP contribution in [0.3, 0.4) is 0 Å². The highest BCUT2D eigenvalue weighted by molar-refractivity contribution is 7.90. The molecule has 1 amide bonds. The Morgan fingerprint density at radius 3 is 2.59 bits per heavy atom. The lowest BCUT2D eigenvalue weighted by Gasteiger charge is -2.35. The fourth-order valence-corrected chi connectivity index (χ4v) is 5.21. The first-order valence-corrected chi connectivity index (χ1v) is 10.7. The molecule has 9 heteroatoms. The number of amidine groups is 1. The van der Waals surface area contributed by atoms with Gasteiger partial charge in [0.25, 0.3) is 10.0 Å². The molecule has 2 fully saturated rings. The average molecular weight is 413 g/mol. The third kappa shape index (κ3) is 3.97. The number of piperidine rings is 1. The minimum atomic E-state index is -3.59. The maximum atomic E-state index is 12.8. The molecule has 0 atom stereocenters. The van der Waals surface area contributed by atoms with Crippen molar-refractivity contribution in [3.8, 4) is 0 Å². The van der Waals surface area contributed by atoms with E-state index in [1.807, 2.05) is 15.9 Å². The summed E-state index contributed by atoms with van der Waals surface area (Å²) in [6.07, 6.45) is 2.48. The van der Waals surface area contributed by atoms with E-state index >= 15 is 0 Å². The van der Waals surface area contributed by atoms with Crippen LogP contribution in [0.2, 0.25) is 0 Å². The molecule has 1 aromatic carbocycles. The largest absolute Gasteiger partial charge is 0.355 e. The Hall–Kier alpha value is -1.64. The van der Waals surface area contributed by atoms with Crippen LogP contribution in [0, 0.1) is 5.92 Å². The third-order valence-corrected chi connectivity index (χ3v) is 6.73. The number of rotatable bonds is 1. The van der Waals surface area contributed by atoms with Crippen molar-refractivity contribution in [1.82, 2.24) is 15.1 Å². The summed E-state index contributed by atoms with van der Waals surface area (Å²) in [6.45, 7) is 4.74. The normalized spacial score (nSPS) is 22.4. The van der Waals surface area contributed by atoms with Gasteiger partial charge in [0.1, 0.15) is 4.90 Å². The van der Waals surface area contributed by atoms with E-state index in [0.717, 1.165) is 45.4 Å². The minimum Gasteiger partial charge on any atom is -0.355 e. The van der Waals surface area contributed by atoms with Crippen LogP contribution in [0.5, 0.6) is 0 Å². The molecule has 3 heterocycles. The van der Waals surface area contributed by atoms with Gasteiger partial charge in [0.05, 0.1) is 0 Å². The van der Waals surface area contributed by atoms with E-state index in [4.69, 9.17) is 0 Å². The van der Waals surface area contributed by atoms with Gasteiger partial charge in [-0.1, -0.05) is 12.1 Å². The standard InChI is InChI=1S/C18H24N4O3S.ClH/c23-18(22-10-3-8-19-9-13-22)14-6-11-21(12-7-14)17-15-4-1-2-5-16(15)26(24,25)20-17;/h1-2,4-5,14,19H,3,6-13H2;1H.